The molecule has 0 saturated heterocycles. The molecule has 0 fully saturated rings. The molecule has 0 aliphatic heterocycles. The van der Waals surface area contributed by atoms with Gasteiger partial charge in [-0.25, -0.2) is 0 Å². The minimum Gasteiger partial charge on any atom is -0.852 e. The van der Waals surface area contributed by atoms with E-state index in [-0.39, 0.29) is 35.5 Å². The number of hydrogen-bond donors (Lipinski definition) is 1. The Morgan fingerprint density at radius 1 is 1.44 bits per heavy atom. The van der Waals surface area contributed by atoms with Crippen LogP contribution >= 0.6 is 0 Å². The van der Waals surface area contributed by atoms with E-state index in [9.17, 15) is 5.11 Å². The molecule has 9 heavy (non-hydrogen) atoms. The molecular weight excluding hydrogens is 125 g/mol. The van der Waals surface area contributed by atoms with Gasteiger partial charge in [-0.1, -0.05) is 26.2 Å². The van der Waals surface area contributed by atoms with E-state index in [0.717, 1.165) is 0 Å². The van der Waals surface area contributed by atoms with Gasteiger partial charge in [0, 0.05) is 0 Å². The maximum atomic E-state index is 10.7. The summed E-state index contributed by atoms with van der Waals surface area (Å²) in [6.07, 6.45) is 0.150. The third-order valence-corrected chi connectivity index (χ3v) is 1.19. The minimum absolute atomic E-state index is 0. The zero-order valence-electron chi connectivity index (χ0n) is 6.55. The molecule has 50 valence electrons. The molecule has 0 rings (SSSR count). The van der Waals surface area contributed by atoms with Crippen molar-refractivity contribution in [1.29, 1.82) is 0 Å². The zero-order chi connectivity index (χ0) is 6.57. The summed E-state index contributed by atoms with van der Waals surface area (Å²) in [4.78, 5) is 0. The molecule has 0 radical (unpaired) electrons. The van der Waals surface area contributed by atoms with Crippen LogP contribution in [0.2, 0.25) is 0 Å². The topological polar surface area (TPSA) is 49.1 Å². The van der Waals surface area contributed by atoms with Crippen molar-refractivity contribution < 1.29 is 34.7 Å². The predicted molar refractivity (Wildman–Crippen MR) is 32.3 cm³/mol. The normalized spacial score (nSPS) is 13.0. The summed E-state index contributed by atoms with van der Waals surface area (Å²) in [5.74, 6) is 0.235. The molecule has 0 aromatic rings. The fourth-order valence-electron chi connectivity index (χ4n) is 0.498. The van der Waals surface area contributed by atoms with E-state index in [1.165, 1.54) is 0 Å². The van der Waals surface area contributed by atoms with Crippen LogP contribution in [-0.2, 0) is 0 Å². The molecule has 1 atom stereocenters. The summed E-state index contributed by atoms with van der Waals surface area (Å²) in [6, 6.07) is 0. The first-order valence-corrected chi connectivity index (χ1v) is 3.04. The molecule has 0 bridgehead atoms. The summed E-state index contributed by atoms with van der Waals surface area (Å²) < 4.78 is 0. The van der Waals surface area contributed by atoms with Crippen LogP contribution in [0.1, 0.15) is 20.3 Å². The van der Waals surface area contributed by atoms with Crippen molar-refractivity contribution >= 4 is 0 Å². The van der Waals surface area contributed by atoms with Gasteiger partial charge in [0.2, 0.25) is 0 Å². The summed E-state index contributed by atoms with van der Waals surface area (Å²) in [5.41, 5.74) is 5.17. The Labute approximate surface area is 79.1 Å². The molecular formula is C6H14NNaO. The van der Waals surface area contributed by atoms with Gasteiger partial charge in [0.05, 0.1) is 0 Å². The second kappa shape index (κ2) is 7.03. The van der Waals surface area contributed by atoms with Gasteiger partial charge in [-0.15, -0.1) is 6.10 Å². The SMILES string of the molecule is CC(C)C([O-])CCN.[Na+]. The first-order chi connectivity index (χ1) is 3.68. The molecule has 1 unspecified atom stereocenters. The molecule has 0 spiro atoms. The molecule has 3 heteroatoms. The molecule has 0 aromatic heterocycles. The van der Waals surface area contributed by atoms with Crippen molar-refractivity contribution in [2.45, 2.75) is 26.4 Å². The number of nitrogens with two attached hydrogens (primary N) is 1. The molecule has 0 amide bonds. The zero-order valence-corrected chi connectivity index (χ0v) is 8.55. The molecule has 0 saturated carbocycles. The quantitative estimate of drug-likeness (QED) is 0.417. The Kier molecular flexibility index (Phi) is 9.83. The van der Waals surface area contributed by atoms with E-state index in [4.69, 9.17) is 5.73 Å². The second-order valence-corrected chi connectivity index (χ2v) is 2.36. The molecule has 0 aliphatic carbocycles. The Morgan fingerprint density at radius 3 is 2.00 bits per heavy atom. The van der Waals surface area contributed by atoms with Gasteiger partial charge >= 0.3 is 29.6 Å². The van der Waals surface area contributed by atoms with Crippen molar-refractivity contribution in [2.24, 2.45) is 11.7 Å². The van der Waals surface area contributed by atoms with Gasteiger partial charge in [-0.3, -0.25) is 0 Å². The van der Waals surface area contributed by atoms with E-state index in [1.807, 2.05) is 13.8 Å². The van der Waals surface area contributed by atoms with Crippen LogP contribution in [0.25, 0.3) is 0 Å². The number of hydrogen-bond acceptors (Lipinski definition) is 2. The second-order valence-electron chi connectivity index (χ2n) is 2.36. The first-order valence-electron chi connectivity index (χ1n) is 3.04. The monoisotopic (exact) mass is 139 g/mol. The van der Waals surface area contributed by atoms with Crippen LogP contribution in [0, 0.1) is 5.92 Å². The third-order valence-electron chi connectivity index (χ3n) is 1.19. The van der Waals surface area contributed by atoms with Crippen LogP contribution in [0.3, 0.4) is 0 Å². The van der Waals surface area contributed by atoms with Crippen LogP contribution in [0.15, 0.2) is 0 Å². The predicted octanol–water partition coefficient (Wildman–Crippen LogP) is -3.28. The summed E-state index contributed by atoms with van der Waals surface area (Å²) >= 11 is 0. The van der Waals surface area contributed by atoms with Gasteiger partial charge in [0.15, 0.2) is 0 Å². The van der Waals surface area contributed by atoms with Crippen LogP contribution in [0.5, 0.6) is 0 Å². The molecule has 0 heterocycles. The van der Waals surface area contributed by atoms with Gasteiger partial charge in [-0.05, 0) is 6.54 Å². The summed E-state index contributed by atoms with van der Waals surface area (Å²) in [6.45, 7) is 4.37. The maximum absolute atomic E-state index is 10.7. The minimum atomic E-state index is -0.458. The van der Waals surface area contributed by atoms with Gasteiger partial charge in [-0.2, -0.15) is 0 Å². The summed E-state index contributed by atoms with van der Waals surface area (Å²) in [5, 5.41) is 10.7. The van der Waals surface area contributed by atoms with Crippen molar-refractivity contribution in [2.75, 3.05) is 6.54 Å². The van der Waals surface area contributed by atoms with Crippen LogP contribution < -0.4 is 40.4 Å². The fraction of sp³-hybridized carbons (Fsp3) is 1.00. The standard InChI is InChI=1S/C6H14NO.Na/c1-5(2)6(8)3-4-7;/h5-6H,3-4,7H2,1-2H3;/q-1;+1. The molecule has 0 aromatic carbocycles. The Hall–Kier alpha value is 0.920. The van der Waals surface area contributed by atoms with E-state index in [0.29, 0.717) is 13.0 Å². The molecule has 2 nitrogen and oxygen atoms in total. The van der Waals surface area contributed by atoms with E-state index in [2.05, 4.69) is 0 Å². The van der Waals surface area contributed by atoms with Gasteiger partial charge in [0.1, 0.15) is 0 Å². The van der Waals surface area contributed by atoms with Gasteiger partial charge < -0.3 is 10.8 Å². The van der Waals surface area contributed by atoms with Crippen molar-refractivity contribution in [3.05, 3.63) is 0 Å². The Bertz CT molecular complexity index is 59.0. The summed E-state index contributed by atoms with van der Waals surface area (Å²) in [7, 11) is 0. The van der Waals surface area contributed by atoms with Crippen LogP contribution in [0.4, 0.5) is 0 Å². The largest absolute Gasteiger partial charge is 1.00 e. The van der Waals surface area contributed by atoms with E-state index < -0.39 is 6.10 Å². The first kappa shape index (κ1) is 12.6. The third kappa shape index (κ3) is 6.81. The molecule has 0 aliphatic rings. The van der Waals surface area contributed by atoms with Crippen LogP contribution in [-0.4, -0.2) is 12.6 Å². The maximum Gasteiger partial charge on any atom is 1.00 e. The van der Waals surface area contributed by atoms with E-state index >= 15 is 0 Å². The molecule has 2 N–H and O–H groups in total. The smallest absolute Gasteiger partial charge is 0.852 e. The number of rotatable bonds is 3. The Balaban J connectivity index is 0. The van der Waals surface area contributed by atoms with Gasteiger partial charge in [0.25, 0.3) is 0 Å². The van der Waals surface area contributed by atoms with Crippen molar-refractivity contribution in [1.82, 2.24) is 0 Å². The van der Waals surface area contributed by atoms with Crippen molar-refractivity contribution in [3.8, 4) is 0 Å². The fourth-order valence-corrected chi connectivity index (χ4v) is 0.498. The van der Waals surface area contributed by atoms with E-state index in [1.54, 1.807) is 0 Å². The van der Waals surface area contributed by atoms with Crippen molar-refractivity contribution in [3.63, 3.8) is 0 Å². The average molecular weight is 139 g/mol. The Morgan fingerprint density at radius 2 is 1.89 bits per heavy atom. The average Bonchev–Trinajstić information content (AvgIpc) is 1.67.